The summed E-state index contributed by atoms with van der Waals surface area (Å²) in [5, 5.41) is 17.5. The zero-order valence-electron chi connectivity index (χ0n) is 28.3. The molecule has 19 heteroatoms. The van der Waals surface area contributed by atoms with E-state index in [0.717, 1.165) is 39.9 Å². The second-order valence-corrected chi connectivity index (χ2v) is 14.7. The minimum Gasteiger partial charge on any atom is -0.504 e. The van der Waals surface area contributed by atoms with Gasteiger partial charge >= 0.3 is 6.18 Å². The van der Waals surface area contributed by atoms with Crippen LogP contribution in [0.4, 0.5) is 24.5 Å². The Hall–Kier alpha value is -5.07. The lowest BCUT2D eigenvalue weighted by Crippen LogP contribution is -2.51. The molecule has 0 radical (unpaired) electrons. The molecule has 8 rings (SSSR count). The number of ether oxygens (including phenoxy) is 1. The van der Waals surface area contributed by atoms with Gasteiger partial charge in [0, 0.05) is 37.0 Å². The summed E-state index contributed by atoms with van der Waals surface area (Å²) in [6.45, 7) is 5.40. The molecule has 0 bridgehead atoms. The first-order chi connectivity index (χ1) is 25.3. The van der Waals surface area contributed by atoms with Gasteiger partial charge in [0.15, 0.2) is 17.3 Å². The molecule has 3 aliphatic rings. The van der Waals surface area contributed by atoms with Gasteiger partial charge in [-0.05, 0) is 49.6 Å². The quantitative estimate of drug-likeness (QED) is 0.254. The molecule has 1 saturated heterocycles. The van der Waals surface area contributed by atoms with Gasteiger partial charge < -0.3 is 25.0 Å². The predicted molar refractivity (Wildman–Crippen MR) is 188 cm³/mol. The maximum Gasteiger partial charge on any atom is 0.416 e. The maximum atomic E-state index is 14.5. The van der Waals surface area contributed by atoms with Gasteiger partial charge in [0.2, 0.25) is 11.7 Å². The topological polar surface area (TPSA) is 160 Å². The molecular weight excluding hydrogens is 739 g/mol. The number of anilines is 2. The molecule has 2 unspecified atom stereocenters. The number of aromatic nitrogens is 6. The fraction of sp³-hybridized carbons (Fsp3) is 0.382. The third-order valence-electron chi connectivity index (χ3n) is 9.87. The van der Waals surface area contributed by atoms with Crippen molar-refractivity contribution < 1.29 is 32.6 Å². The predicted octanol–water partition coefficient (Wildman–Crippen LogP) is 4.82. The van der Waals surface area contributed by atoms with Gasteiger partial charge in [-0.15, -0.1) is 16.4 Å². The van der Waals surface area contributed by atoms with Crippen molar-refractivity contribution in [1.82, 2.24) is 34.0 Å². The van der Waals surface area contributed by atoms with Crippen LogP contribution >= 0.6 is 22.9 Å². The van der Waals surface area contributed by atoms with E-state index in [4.69, 9.17) is 21.3 Å². The van der Waals surface area contributed by atoms with E-state index in [1.807, 2.05) is 17.9 Å². The molecule has 14 nitrogen and oxygen atoms in total. The molecule has 0 saturated carbocycles. The van der Waals surface area contributed by atoms with Crippen LogP contribution in [-0.4, -0.2) is 83.7 Å². The molecule has 53 heavy (non-hydrogen) atoms. The summed E-state index contributed by atoms with van der Waals surface area (Å²) in [6.07, 6.45) is -2.43. The highest BCUT2D eigenvalue weighted by atomic mass is 35.5. The Bertz CT molecular complexity index is 2350. The van der Waals surface area contributed by atoms with Crippen LogP contribution in [0.25, 0.3) is 16.5 Å². The molecule has 2 atom stereocenters. The minimum absolute atomic E-state index is 0.00214. The van der Waals surface area contributed by atoms with E-state index in [1.165, 1.54) is 27.1 Å². The lowest BCUT2D eigenvalue weighted by atomic mass is 10.0. The highest BCUT2D eigenvalue weighted by Gasteiger charge is 2.41. The fourth-order valence-electron chi connectivity index (χ4n) is 7.16. The zero-order valence-corrected chi connectivity index (χ0v) is 29.8. The van der Waals surface area contributed by atoms with Crippen LogP contribution in [0.15, 0.2) is 35.4 Å². The van der Waals surface area contributed by atoms with E-state index in [1.54, 1.807) is 11.5 Å². The summed E-state index contributed by atoms with van der Waals surface area (Å²) >= 11 is 7.68. The second-order valence-electron chi connectivity index (χ2n) is 13.2. The van der Waals surface area contributed by atoms with Gasteiger partial charge in [0.25, 0.3) is 11.5 Å². The van der Waals surface area contributed by atoms with E-state index in [-0.39, 0.29) is 72.1 Å². The molecule has 1 aromatic carbocycles. The Labute approximate surface area is 307 Å². The summed E-state index contributed by atoms with van der Waals surface area (Å²) in [5.41, 5.74) is 0.732. The van der Waals surface area contributed by atoms with E-state index in [9.17, 15) is 32.7 Å². The number of hydrogen-bond acceptors (Lipinski definition) is 11. The number of carbonyl (C=O) groups is 2. The Morgan fingerprint density at radius 2 is 1.91 bits per heavy atom. The normalized spacial score (nSPS) is 18.7. The number of amides is 2. The van der Waals surface area contributed by atoms with E-state index >= 15 is 0 Å². The summed E-state index contributed by atoms with van der Waals surface area (Å²) in [5.74, 6) is -1.22. The molecule has 0 spiro atoms. The van der Waals surface area contributed by atoms with Crippen molar-refractivity contribution in [3.05, 3.63) is 79.1 Å². The number of alkyl halides is 3. The summed E-state index contributed by atoms with van der Waals surface area (Å²) < 4.78 is 48.4. The minimum atomic E-state index is -4.62. The maximum absolute atomic E-state index is 14.5. The van der Waals surface area contributed by atoms with Crippen molar-refractivity contribution in [3.63, 3.8) is 0 Å². The number of halogens is 4. The van der Waals surface area contributed by atoms with Crippen LogP contribution < -0.4 is 15.8 Å². The fourth-order valence-corrected chi connectivity index (χ4v) is 8.46. The van der Waals surface area contributed by atoms with Gasteiger partial charge in [-0.2, -0.15) is 22.7 Å². The monoisotopic (exact) mass is 769 g/mol. The number of thiophene rings is 1. The van der Waals surface area contributed by atoms with Gasteiger partial charge in [0.1, 0.15) is 18.1 Å². The van der Waals surface area contributed by atoms with E-state index in [0.29, 0.717) is 30.4 Å². The van der Waals surface area contributed by atoms with Crippen molar-refractivity contribution in [2.24, 2.45) is 0 Å². The second kappa shape index (κ2) is 13.1. The van der Waals surface area contributed by atoms with Crippen LogP contribution in [-0.2, 0) is 28.7 Å². The SMILES string of the molecule is Cc1ncnc(C(=O)N2CCN(c3c4n(c5nc(-c6cc7c(s6)COCC7)nn5c3=O)C(C(=O)Nc3ccc(C(F)(F)F)cc3Cl)CC4C)CC2)c1O. The van der Waals surface area contributed by atoms with Crippen LogP contribution in [0.5, 0.6) is 5.75 Å². The molecule has 2 N–H and O–H groups in total. The summed E-state index contributed by atoms with van der Waals surface area (Å²) in [7, 11) is 0. The molecule has 7 heterocycles. The van der Waals surface area contributed by atoms with Crippen molar-refractivity contribution >= 4 is 51.9 Å². The van der Waals surface area contributed by atoms with Crippen LogP contribution in [0.2, 0.25) is 5.02 Å². The van der Waals surface area contributed by atoms with Crippen LogP contribution in [0, 0.1) is 6.92 Å². The first kappa shape index (κ1) is 35.0. The van der Waals surface area contributed by atoms with E-state index in [2.05, 4.69) is 20.4 Å². The smallest absolute Gasteiger partial charge is 0.416 e. The van der Waals surface area contributed by atoms with Gasteiger partial charge in [0.05, 0.1) is 45.8 Å². The zero-order chi connectivity index (χ0) is 37.3. The van der Waals surface area contributed by atoms with Crippen LogP contribution in [0.1, 0.15) is 63.2 Å². The van der Waals surface area contributed by atoms with Gasteiger partial charge in [-0.1, -0.05) is 18.5 Å². The molecule has 276 valence electrons. The summed E-state index contributed by atoms with van der Waals surface area (Å²) in [4.78, 5) is 59.7. The molecule has 2 amide bonds. The lowest BCUT2D eigenvalue weighted by molar-refractivity contribution is -0.137. The summed E-state index contributed by atoms with van der Waals surface area (Å²) in [6, 6.07) is 3.75. The Morgan fingerprint density at radius 1 is 1.13 bits per heavy atom. The number of carbonyl (C=O) groups excluding carboxylic acids is 2. The first-order valence-electron chi connectivity index (χ1n) is 16.8. The highest BCUT2D eigenvalue weighted by Crippen LogP contribution is 2.43. The standard InChI is InChI=1S/C34H31ClF3N9O5S/c1-16-11-22(30(49)41-21-4-3-19(13-20(21)35)34(36,37)38)46-26(16)27(44-6-8-45(9-7-44)31(50)25-28(48)17(2)39-15-40-25)32(51)47-33(46)42-29(43-47)23-12-18-5-10-52-14-24(18)53-23/h3-4,12-13,15-16,22,48H,5-11,14H2,1-2H3,(H,41,49). The first-order valence-corrected chi connectivity index (χ1v) is 18.0. The number of aromatic hydroxyl groups is 1. The van der Waals surface area contributed by atoms with Crippen molar-refractivity contribution in [1.29, 1.82) is 0 Å². The van der Waals surface area contributed by atoms with Crippen molar-refractivity contribution in [2.45, 2.75) is 51.4 Å². The average Bonchev–Trinajstić information content (AvgIpc) is 3.86. The number of nitrogens with zero attached hydrogens (tertiary/aromatic N) is 8. The Kier molecular flexibility index (Phi) is 8.65. The molecule has 1 fully saturated rings. The molecule has 0 aliphatic carbocycles. The largest absolute Gasteiger partial charge is 0.504 e. The number of hydrogen-bond donors (Lipinski definition) is 2. The third kappa shape index (κ3) is 6.07. The number of aryl methyl sites for hydroxylation is 1. The van der Waals surface area contributed by atoms with Crippen LogP contribution in [0.3, 0.4) is 0 Å². The van der Waals surface area contributed by atoms with Crippen molar-refractivity contribution in [2.75, 3.05) is 43.0 Å². The molecule has 5 aromatic rings. The number of rotatable bonds is 5. The van der Waals surface area contributed by atoms with Gasteiger partial charge in [-0.25, -0.2) is 9.97 Å². The van der Waals surface area contributed by atoms with Gasteiger partial charge in [-0.3, -0.25) is 19.0 Å². The Balaban J connectivity index is 1.18. The lowest BCUT2D eigenvalue weighted by Gasteiger charge is -2.36. The number of piperazine rings is 1. The van der Waals surface area contributed by atoms with Crippen molar-refractivity contribution in [3.8, 4) is 16.5 Å². The highest BCUT2D eigenvalue weighted by molar-refractivity contribution is 7.15. The average molecular weight is 770 g/mol. The molecule has 3 aliphatic heterocycles. The molecule has 4 aromatic heterocycles. The molecular formula is C34H31ClF3N9O5S. The number of fused-ring (bicyclic) bond motifs is 4. The number of nitrogens with one attached hydrogen (secondary N) is 1. The Morgan fingerprint density at radius 3 is 2.62 bits per heavy atom. The number of benzene rings is 1. The third-order valence-corrected chi connectivity index (χ3v) is 11.3. The van der Waals surface area contributed by atoms with E-state index < -0.39 is 35.2 Å².